The van der Waals surface area contributed by atoms with Gasteiger partial charge in [0.25, 0.3) is 0 Å². The molecule has 0 saturated heterocycles. The molecule has 0 radical (unpaired) electrons. The molecule has 0 aliphatic rings. The number of anilines is 1. The van der Waals surface area contributed by atoms with Crippen LogP contribution in [0.1, 0.15) is 19.5 Å². The zero-order valence-corrected chi connectivity index (χ0v) is 10.4. The Hall–Kier alpha value is -0.980. The monoisotopic (exact) mass is 265 g/mol. The van der Waals surface area contributed by atoms with Gasteiger partial charge in [0.15, 0.2) is 5.69 Å². The number of rotatable bonds is 5. The Labute approximate surface area is 102 Å². The van der Waals surface area contributed by atoms with Crippen molar-refractivity contribution in [3.8, 4) is 0 Å². The van der Waals surface area contributed by atoms with Crippen molar-refractivity contribution in [1.82, 2.24) is 10.2 Å². The number of nitrogens with one attached hydrogen (secondary N) is 1. The first-order valence-corrected chi connectivity index (χ1v) is 6.34. The van der Waals surface area contributed by atoms with Crippen LogP contribution in [0.5, 0.6) is 0 Å². The number of halogens is 3. The molecule has 7 heteroatoms. The van der Waals surface area contributed by atoms with Gasteiger partial charge in [-0.1, -0.05) is 6.92 Å². The molecule has 1 heterocycles. The van der Waals surface area contributed by atoms with Gasteiger partial charge >= 0.3 is 6.18 Å². The molecule has 0 spiro atoms. The smallest absolute Gasteiger partial charge is 0.365 e. The van der Waals surface area contributed by atoms with Crippen molar-refractivity contribution in [2.75, 3.05) is 16.8 Å². The predicted molar refractivity (Wildman–Crippen MR) is 63.1 cm³/mol. The lowest BCUT2D eigenvalue weighted by molar-refractivity contribution is -0.141. The maximum absolute atomic E-state index is 12.2. The van der Waals surface area contributed by atoms with E-state index in [0.29, 0.717) is 5.82 Å². The molecule has 0 fully saturated rings. The van der Waals surface area contributed by atoms with Gasteiger partial charge in [-0.15, -0.1) is 10.2 Å². The van der Waals surface area contributed by atoms with Gasteiger partial charge in [-0.05, 0) is 24.8 Å². The lowest BCUT2D eigenvalue weighted by atomic mass is 10.3. The Kier molecular flexibility index (Phi) is 5.04. The van der Waals surface area contributed by atoms with Crippen LogP contribution >= 0.6 is 11.8 Å². The second-order valence-corrected chi connectivity index (χ2v) is 4.83. The Morgan fingerprint density at radius 1 is 1.35 bits per heavy atom. The van der Waals surface area contributed by atoms with E-state index in [0.717, 1.165) is 17.6 Å². The molecule has 0 amide bonds. The van der Waals surface area contributed by atoms with Crippen LogP contribution in [0.3, 0.4) is 0 Å². The SMILES string of the molecule is CCSCC(C)Nc1ccc(C(F)(F)F)nn1. The molecule has 0 aliphatic heterocycles. The van der Waals surface area contributed by atoms with E-state index in [9.17, 15) is 13.2 Å². The summed E-state index contributed by atoms with van der Waals surface area (Å²) in [7, 11) is 0. The zero-order chi connectivity index (χ0) is 12.9. The van der Waals surface area contributed by atoms with Crippen LogP contribution in [0.4, 0.5) is 19.0 Å². The van der Waals surface area contributed by atoms with Crippen LogP contribution in [0.2, 0.25) is 0 Å². The van der Waals surface area contributed by atoms with Crippen LogP contribution in [-0.2, 0) is 6.18 Å². The minimum absolute atomic E-state index is 0.144. The van der Waals surface area contributed by atoms with E-state index in [-0.39, 0.29) is 6.04 Å². The predicted octanol–water partition coefficient (Wildman–Crippen LogP) is 3.05. The molecule has 0 bridgehead atoms. The summed E-state index contributed by atoms with van der Waals surface area (Å²) in [5.41, 5.74) is -0.973. The molecular weight excluding hydrogens is 251 g/mol. The lowest BCUT2D eigenvalue weighted by Gasteiger charge is -2.13. The molecule has 0 saturated carbocycles. The minimum Gasteiger partial charge on any atom is -0.365 e. The van der Waals surface area contributed by atoms with Crippen molar-refractivity contribution < 1.29 is 13.2 Å². The molecule has 0 aliphatic carbocycles. The highest BCUT2D eigenvalue weighted by Gasteiger charge is 2.32. The fourth-order valence-corrected chi connectivity index (χ4v) is 1.82. The van der Waals surface area contributed by atoms with Gasteiger partial charge in [0.2, 0.25) is 0 Å². The molecule has 1 atom stereocenters. The van der Waals surface area contributed by atoms with Gasteiger partial charge in [0.05, 0.1) is 0 Å². The van der Waals surface area contributed by atoms with Gasteiger partial charge in [-0.3, -0.25) is 0 Å². The molecule has 1 aromatic rings. The zero-order valence-electron chi connectivity index (χ0n) is 9.58. The van der Waals surface area contributed by atoms with Crippen molar-refractivity contribution in [2.45, 2.75) is 26.1 Å². The lowest BCUT2D eigenvalue weighted by Crippen LogP contribution is -2.19. The van der Waals surface area contributed by atoms with Crippen molar-refractivity contribution in [3.05, 3.63) is 17.8 Å². The summed E-state index contributed by atoms with van der Waals surface area (Å²) in [4.78, 5) is 0. The Morgan fingerprint density at radius 3 is 2.53 bits per heavy atom. The number of alkyl halides is 3. The van der Waals surface area contributed by atoms with E-state index in [4.69, 9.17) is 0 Å². The van der Waals surface area contributed by atoms with Crippen LogP contribution < -0.4 is 5.32 Å². The molecule has 1 unspecified atom stereocenters. The van der Waals surface area contributed by atoms with E-state index >= 15 is 0 Å². The number of hydrogen-bond acceptors (Lipinski definition) is 4. The largest absolute Gasteiger partial charge is 0.435 e. The number of aromatic nitrogens is 2. The normalized spacial score (nSPS) is 13.5. The van der Waals surface area contributed by atoms with Crippen molar-refractivity contribution >= 4 is 17.6 Å². The Balaban J connectivity index is 2.56. The van der Waals surface area contributed by atoms with Crippen LogP contribution in [0, 0.1) is 0 Å². The first kappa shape index (κ1) is 14.1. The molecule has 96 valence electrons. The topological polar surface area (TPSA) is 37.8 Å². The Bertz CT molecular complexity index is 340. The molecule has 1 N–H and O–H groups in total. The van der Waals surface area contributed by atoms with Gasteiger partial charge in [0, 0.05) is 11.8 Å². The van der Waals surface area contributed by atoms with Gasteiger partial charge < -0.3 is 5.32 Å². The van der Waals surface area contributed by atoms with Crippen LogP contribution in [0.25, 0.3) is 0 Å². The van der Waals surface area contributed by atoms with Crippen molar-refractivity contribution in [2.24, 2.45) is 0 Å². The van der Waals surface area contributed by atoms with Gasteiger partial charge in [-0.2, -0.15) is 24.9 Å². The third-order valence-electron chi connectivity index (χ3n) is 1.92. The molecule has 3 nitrogen and oxygen atoms in total. The number of thioether (sulfide) groups is 1. The fourth-order valence-electron chi connectivity index (χ4n) is 1.15. The molecular formula is C10H14F3N3S. The number of nitrogens with zero attached hydrogens (tertiary/aromatic N) is 2. The molecule has 1 aromatic heterocycles. The standard InChI is InChI=1S/C10H14F3N3S/c1-3-17-6-7(2)14-9-5-4-8(15-16-9)10(11,12)13/h4-5,7H,3,6H2,1-2H3,(H,14,16). The van der Waals surface area contributed by atoms with Crippen LogP contribution in [-0.4, -0.2) is 27.7 Å². The summed E-state index contributed by atoms with van der Waals surface area (Å²) in [5.74, 6) is 2.24. The van der Waals surface area contributed by atoms with E-state index in [1.54, 1.807) is 11.8 Å². The highest BCUT2D eigenvalue weighted by atomic mass is 32.2. The maximum atomic E-state index is 12.2. The fraction of sp³-hybridized carbons (Fsp3) is 0.600. The summed E-state index contributed by atoms with van der Waals surface area (Å²) in [5, 5.41) is 9.64. The van der Waals surface area contributed by atoms with Crippen molar-refractivity contribution in [1.29, 1.82) is 0 Å². The maximum Gasteiger partial charge on any atom is 0.435 e. The average molecular weight is 265 g/mol. The first-order chi connectivity index (χ1) is 7.93. The Morgan fingerprint density at radius 2 is 2.06 bits per heavy atom. The van der Waals surface area contributed by atoms with Crippen LogP contribution in [0.15, 0.2) is 12.1 Å². The average Bonchev–Trinajstić information content (AvgIpc) is 2.26. The van der Waals surface area contributed by atoms with E-state index in [1.807, 2.05) is 6.92 Å². The summed E-state index contributed by atoms with van der Waals surface area (Å²) < 4.78 is 36.7. The summed E-state index contributed by atoms with van der Waals surface area (Å²) in [6, 6.07) is 2.36. The second kappa shape index (κ2) is 6.09. The summed E-state index contributed by atoms with van der Waals surface area (Å²) in [6.45, 7) is 4.00. The third kappa shape index (κ3) is 4.80. The molecule has 0 aromatic carbocycles. The second-order valence-electron chi connectivity index (χ2n) is 3.51. The van der Waals surface area contributed by atoms with Crippen molar-refractivity contribution in [3.63, 3.8) is 0 Å². The minimum atomic E-state index is -4.44. The van der Waals surface area contributed by atoms with E-state index < -0.39 is 11.9 Å². The third-order valence-corrected chi connectivity index (χ3v) is 3.07. The molecule has 17 heavy (non-hydrogen) atoms. The first-order valence-electron chi connectivity index (χ1n) is 5.18. The number of hydrogen-bond donors (Lipinski definition) is 1. The highest BCUT2D eigenvalue weighted by molar-refractivity contribution is 7.99. The highest BCUT2D eigenvalue weighted by Crippen LogP contribution is 2.27. The molecule has 1 rings (SSSR count). The summed E-state index contributed by atoms with van der Waals surface area (Å²) in [6.07, 6.45) is -4.44. The van der Waals surface area contributed by atoms with Gasteiger partial charge in [0.1, 0.15) is 5.82 Å². The quantitative estimate of drug-likeness (QED) is 0.888. The van der Waals surface area contributed by atoms with E-state index in [1.165, 1.54) is 6.07 Å². The van der Waals surface area contributed by atoms with Gasteiger partial charge in [-0.25, -0.2) is 0 Å². The summed E-state index contributed by atoms with van der Waals surface area (Å²) >= 11 is 1.75. The van der Waals surface area contributed by atoms with E-state index in [2.05, 4.69) is 22.4 Å².